The fourth-order valence-electron chi connectivity index (χ4n) is 4.91. The van der Waals surface area contributed by atoms with Gasteiger partial charge in [-0.3, -0.25) is 4.79 Å². The third-order valence-electron chi connectivity index (χ3n) is 6.86. The number of aryl methyl sites for hydroxylation is 2. The number of fused-ring (bicyclic) bond motifs is 1. The first kappa shape index (κ1) is 21.8. The Morgan fingerprint density at radius 3 is 2.94 bits per heavy atom. The second-order valence-electron chi connectivity index (χ2n) is 8.93. The van der Waals surface area contributed by atoms with E-state index in [0.717, 1.165) is 48.1 Å². The van der Waals surface area contributed by atoms with Crippen LogP contribution in [0.4, 0.5) is 10.2 Å². The summed E-state index contributed by atoms with van der Waals surface area (Å²) in [5, 5.41) is 5.70. The number of ether oxygens (including phenoxy) is 1. The first-order valence-electron chi connectivity index (χ1n) is 11.1. The molecule has 33 heavy (non-hydrogen) atoms. The molecule has 0 aromatic carbocycles. The summed E-state index contributed by atoms with van der Waals surface area (Å²) in [4.78, 5) is 23.8. The van der Waals surface area contributed by atoms with Crippen LogP contribution in [0.25, 0.3) is 11.1 Å². The summed E-state index contributed by atoms with van der Waals surface area (Å²) in [6.45, 7) is 4.96. The van der Waals surface area contributed by atoms with Crippen LogP contribution in [0.2, 0.25) is 0 Å². The first-order valence-corrected chi connectivity index (χ1v) is 11.9. The van der Waals surface area contributed by atoms with Crippen molar-refractivity contribution in [3.8, 4) is 17.0 Å². The van der Waals surface area contributed by atoms with Crippen LogP contribution in [0.5, 0.6) is 5.88 Å². The lowest BCUT2D eigenvalue weighted by atomic mass is 9.86. The van der Waals surface area contributed by atoms with Gasteiger partial charge < -0.3 is 15.0 Å². The Labute approximate surface area is 196 Å². The van der Waals surface area contributed by atoms with Crippen molar-refractivity contribution in [3.63, 3.8) is 0 Å². The molecule has 3 aromatic rings. The third-order valence-corrected chi connectivity index (χ3v) is 7.45. The maximum atomic E-state index is 14.4. The molecule has 1 amide bonds. The molecule has 3 aromatic heterocycles. The molecule has 5 heterocycles. The van der Waals surface area contributed by atoms with Crippen molar-refractivity contribution in [1.82, 2.24) is 19.2 Å². The average molecular weight is 468 g/mol. The topological polar surface area (TPSA) is 80.2 Å². The Bertz CT molecular complexity index is 1200. The smallest absolute Gasteiger partial charge is 0.230 e. The molecule has 7 nitrogen and oxygen atoms in total. The van der Waals surface area contributed by atoms with Gasteiger partial charge in [0.1, 0.15) is 11.6 Å². The Hall–Kier alpha value is -3.07. The Morgan fingerprint density at radius 2 is 2.18 bits per heavy atom. The fraction of sp³-hybridized carbons (Fsp3) is 0.417. The second kappa shape index (κ2) is 8.37. The highest BCUT2D eigenvalue weighted by atomic mass is 32.1. The van der Waals surface area contributed by atoms with E-state index in [4.69, 9.17) is 9.72 Å². The number of carbonyl (C=O) groups is 1. The van der Waals surface area contributed by atoms with E-state index in [1.54, 1.807) is 6.92 Å². The van der Waals surface area contributed by atoms with Gasteiger partial charge in [0.2, 0.25) is 11.8 Å². The van der Waals surface area contributed by atoms with E-state index >= 15 is 0 Å². The van der Waals surface area contributed by atoms with Gasteiger partial charge in [-0.1, -0.05) is 0 Å². The number of hydrogen-bond acceptors (Lipinski definition) is 7. The van der Waals surface area contributed by atoms with Crippen molar-refractivity contribution >= 4 is 23.3 Å². The van der Waals surface area contributed by atoms with Crippen LogP contribution < -0.4 is 10.1 Å². The van der Waals surface area contributed by atoms with Gasteiger partial charge in [-0.05, 0) is 56.3 Å². The summed E-state index contributed by atoms with van der Waals surface area (Å²) >= 11 is 1.44. The van der Waals surface area contributed by atoms with Crippen LogP contribution in [0.15, 0.2) is 29.9 Å². The van der Waals surface area contributed by atoms with Gasteiger partial charge >= 0.3 is 0 Å². The number of methoxy groups -OCH3 is 1. The quantitative estimate of drug-likeness (QED) is 0.620. The van der Waals surface area contributed by atoms with Crippen LogP contribution in [-0.4, -0.2) is 50.9 Å². The summed E-state index contributed by atoms with van der Waals surface area (Å²) in [5.41, 5.74) is 4.47. The minimum Gasteiger partial charge on any atom is -0.481 e. The third kappa shape index (κ3) is 3.94. The molecule has 9 heteroatoms. The molecular weight excluding hydrogens is 441 g/mol. The SMILES string of the molecule is COc1cc([C@@H](C)C(=O)N2CC[C@@]3(CCc4cc(-c5cnsc5)c(C)nc4N3)C2)c(F)cn1. The zero-order valence-electron chi connectivity index (χ0n) is 18.9. The second-order valence-corrected chi connectivity index (χ2v) is 9.58. The van der Waals surface area contributed by atoms with E-state index in [-0.39, 0.29) is 11.4 Å². The molecule has 1 spiro atoms. The van der Waals surface area contributed by atoms with Crippen LogP contribution in [0.1, 0.15) is 42.5 Å². The van der Waals surface area contributed by atoms with Crippen molar-refractivity contribution < 1.29 is 13.9 Å². The maximum absolute atomic E-state index is 14.4. The number of aromatic nitrogens is 3. The molecule has 0 radical (unpaired) electrons. The highest BCUT2D eigenvalue weighted by Crippen LogP contribution is 2.39. The molecule has 172 valence electrons. The normalized spacial score (nSPS) is 20.4. The minimum absolute atomic E-state index is 0.0870. The van der Waals surface area contributed by atoms with Crippen molar-refractivity contribution in [2.45, 2.75) is 44.6 Å². The minimum atomic E-state index is -0.616. The highest BCUT2D eigenvalue weighted by Gasteiger charge is 2.43. The predicted octanol–water partition coefficient (Wildman–Crippen LogP) is 4.19. The maximum Gasteiger partial charge on any atom is 0.230 e. The summed E-state index contributed by atoms with van der Waals surface area (Å²) in [6, 6.07) is 3.72. The lowest BCUT2D eigenvalue weighted by Gasteiger charge is -2.36. The number of pyridine rings is 2. The van der Waals surface area contributed by atoms with Gasteiger partial charge in [0.25, 0.3) is 0 Å². The summed E-state index contributed by atoms with van der Waals surface area (Å²) < 4.78 is 23.7. The lowest BCUT2D eigenvalue weighted by molar-refractivity contribution is -0.131. The molecule has 1 N–H and O–H groups in total. The van der Waals surface area contributed by atoms with Crippen molar-refractivity contribution in [2.75, 3.05) is 25.5 Å². The van der Waals surface area contributed by atoms with Crippen LogP contribution in [0.3, 0.4) is 0 Å². The number of anilines is 1. The van der Waals surface area contributed by atoms with Crippen molar-refractivity contribution in [2.24, 2.45) is 0 Å². The van der Waals surface area contributed by atoms with Crippen LogP contribution in [0, 0.1) is 12.7 Å². The van der Waals surface area contributed by atoms with E-state index in [0.29, 0.717) is 24.5 Å². The summed E-state index contributed by atoms with van der Waals surface area (Å²) in [7, 11) is 1.48. The number of hydrogen-bond donors (Lipinski definition) is 1. The van der Waals surface area contributed by atoms with E-state index in [2.05, 4.69) is 20.7 Å². The molecule has 2 aliphatic rings. The van der Waals surface area contributed by atoms with Crippen molar-refractivity contribution in [3.05, 3.63) is 52.5 Å². The van der Waals surface area contributed by atoms with E-state index in [9.17, 15) is 9.18 Å². The van der Waals surface area contributed by atoms with Gasteiger partial charge in [0.15, 0.2) is 0 Å². The molecule has 2 aliphatic heterocycles. The van der Waals surface area contributed by atoms with Gasteiger partial charge in [0, 0.05) is 53.1 Å². The molecule has 2 atom stereocenters. The van der Waals surface area contributed by atoms with Gasteiger partial charge in [0.05, 0.1) is 24.8 Å². The average Bonchev–Trinajstić information content (AvgIpc) is 3.49. The van der Waals surface area contributed by atoms with E-state index < -0.39 is 11.7 Å². The summed E-state index contributed by atoms with van der Waals surface area (Å²) in [5.74, 6) is 0.00391. The van der Waals surface area contributed by atoms with E-state index in [1.807, 2.05) is 23.4 Å². The highest BCUT2D eigenvalue weighted by molar-refractivity contribution is 7.03. The van der Waals surface area contributed by atoms with Crippen molar-refractivity contribution in [1.29, 1.82) is 0 Å². The Kier molecular flexibility index (Phi) is 5.52. The van der Waals surface area contributed by atoms with Gasteiger partial charge in [-0.2, -0.15) is 0 Å². The Morgan fingerprint density at radius 1 is 1.33 bits per heavy atom. The zero-order chi connectivity index (χ0) is 23.2. The standard InChI is InChI=1S/C24H26FN5O2S/c1-14(18-9-21(32-3)26-11-20(18)25)23(31)30-7-6-24(13-30)5-4-16-8-19(17-10-27-33-12-17)15(2)28-22(16)29-24/h8-12,14H,4-7,13H2,1-3H3,(H,28,29)/t14-,24+/m1/s1. The number of nitrogens with one attached hydrogen (secondary N) is 1. The predicted molar refractivity (Wildman–Crippen MR) is 125 cm³/mol. The number of rotatable bonds is 4. The van der Waals surface area contributed by atoms with Gasteiger partial charge in [-0.15, -0.1) is 0 Å². The molecule has 0 unspecified atom stereocenters. The Balaban J connectivity index is 1.33. The number of carbonyl (C=O) groups excluding carboxylic acids is 1. The molecular formula is C24H26FN5O2S. The first-order chi connectivity index (χ1) is 15.9. The zero-order valence-corrected chi connectivity index (χ0v) is 19.7. The molecule has 1 saturated heterocycles. The monoisotopic (exact) mass is 467 g/mol. The molecule has 0 aliphatic carbocycles. The molecule has 5 rings (SSSR count). The fourth-order valence-corrected chi connectivity index (χ4v) is 5.45. The van der Waals surface area contributed by atoms with E-state index in [1.165, 1.54) is 30.3 Å². The lowest BCUT2D eigenvalue weighted by Crippen LogP contribution is -2.46. The van der Waals surface area contributed by atoms with Gasteiger partial charge in [-0.25, -0.2) is 18.7 Å². The van der Waals surface area contributed by atoms with Crippen LogP contribution in [-0.2, 0) is 11.2 Å². The number of amides is 1. The summed E-state index contributed by atoms with van der Waals surface area (Å²) in [6.07, 6.45) is 5.64. The largest absolute Gasteiger partial charge is 0.481 e. The number of nitrogens with zero attached hydrogens (tertiary/aromatic N) is 4. The molecule has 0 bridgehead atoms. The molecule has 0 saturated carbocycles. The molecule has 1 fully saturated rings. The number of likely N-dealkylation sites (tertiary alicyclic amines) is 1. The number of halogens is 1. The van der Waals surface area contributed by atoms with Crippen LogP contribution >= 0.6 is 11.5 Å².